The van der Waals surface area contributed by atoms with Crippen LogP contribution in [-0.2, 0) is 22.7 Å². The third kappa shape index (κ3) is 3.62. The Labute approximate surface area is 142 Å². The minimum Gasteiger partial charge on any atom is -0.486 e. The Morgan fingerprint density at radius 1 is 1.04 bits per heavy atom. The quantitative estimate of drug-likeness (QED) is 0.754. The number of benzene rings is 1. The minimum atomic E-state index is -0.305. The van der Waals surface area contributed by atoms with Gasteiger partial charge in [0.15, 0.2) is 10.8 Å². The summed E-state index contributed by atoms with van der Waals surface area (Å²) in [7, 11) is 0. The van der Waals surface area contributed by atoms with Crippen LogP contribution in [0.15, 0.2) is 59.8 Å². The molecule has 2 heterocycles. The summed E-state index contributed by atoms with van der Waals surface area (Å²) in [6.45, 7) is 0.500. The van der Waals surface area contributed by atoms with E-state index >= 15 is 0 Å². The van der Waals surface area contributed by atoms with Gasteiger partial charge in [-0.1, -0.05) is 24.3 Å². The molecule has 0 N–H and O–H groups in total. The zero-order chi connectivity index (χ0) is 16.9. The molecule has 0 atom stereocenters. The molecule has 1 aromatic heterocycles. The zero-order valence-corrected chi connectivity index (χ0v) is 13.3. The van der Waals surface area contributed by atoms with Crippen LogP contribution >= 0.6 is 12.1 Å². The van der Waals surface area contributed by atoms with Gasteiger partial charge in [0, 0.05) is 18.3 Å². The topological polar surface area (TPSA) is 59.5 Å². The monoisotopic (exact) mass is 344 g/mol. The molecular weight excluding hydrogens is 331 g/mol. The van der Waals surface area contributed by atoms with Crippen LogP contribution in [0.3, 0.4) is 0 Å². The summed E-state index contributed by atoms with van der Waals surface area (Å²) in [5, 5.41) is 0.188. The van der Waals surface area contributed by atoms with E-state index < -0.39 is 0 Å². The first-order valence-electron chi connectivity index (χ1n) is 7.15. The molecule has 0 unspecified atom stereocenters. The summed E-state index contributed by atoms with van der Waals surface area (Å²) >= 11 is 0.0397. The van der Waals surface area contributed by atoms with E-state index in [1.165, 1.54) is 23.2 Å². The minimum absolute atomic E-state index is 0.0397. The van der Waals surface area contributed by atoms with Crippen molar-refractivity contribution in [1.29, 1.82) is 0 Å². The van der Waals surface area contributed by atoms with Crippen molar-refractivity contribution in [3.05, 3.63) is 65.9 Å². The fraction of sp³-hybridized carbons (Fsp3) is 0.118. The van der Waals surface area contributed by atoms with Crippen LogP contribution in [0.5, 0.6) is 5.75 Å². The van der Waals surface area contributed by atoms with Crippen molar-refractivity contribution >= 4 is 24.0 Å². The lowest BCUT2D eigenvalue weighted by atomic mass is 10.1. The van der Waals surface area contributed by atoms with Crippen LogP contribution in [0, 0.1) is 0 Å². The second-order valence-corrected chi connectivity index (χ2v) is 5.63. The van der Waals surface area contributed by atoms with Crippen molar-refractivity contribution in [2.45, 2.75) is 18.2 Å². The van der Waals surface area contributed by atoms with Crippen molar-refractivity contribution < 1.29 is 18.2 Å². The summed E-state index contributed by atoms with van der Waals surface area (Å²) in [5.41, 5.74) is 1.72. The Hall–Kier alpha value is -2.67. The molecule has 2 amide bonds. The van der Waals surface area contributed by atoms with Gasteiger partial charge in [-0.15, -0.1) is 0 Å². The number of amides is 2. The van der Waals surface area contributed by atoms with Gasteiger partial charge in [-0.25, -0.2) is 4.98 Å². The van der Waals surface area contributed by atoms with E-state index in [9.17, 15) is 13.5 Å². The fourth-order valence-electron chi connectivity index (χ4n) is 2.22. The van der Waals surface area contributed by atoms with Gasteiger partial charge in [-0.3, -0.25) is 14.5 Å². The number of aromatic nitrogens is 1. The van der Waals surface area contributed by atoms with Crippen LogP contribution < -0.4 is 4.74 Å². The maximum atomic E-state index is 12.7. The molecular formula is C17H13FN2O3S. The van der Waals surface area contributed by atoms with Gasteiger partial charge in [0.05, 0.1) is 6.54 Å². The van der Waals surface area contributed by atoms with Gasteiger partial charge in [-0.05, 0) is 23.3 Å². The maximum absolute atomic E-state index is 12.7. The average molecular weight is 344 g/mol. The molecule has 24 heavy (non-hydrogen) atoms. The van der Waals surface area contributed by atoms with E-state index in [1.54, 1.807) is 12.1 Å². The molecule has 1 aromatic carbocycles. The summed E-state index contributed by atoms with van der Waals surface area (Å²) in [6, 6.07) is 10.7. The molecule has 0 bridgehead atoms. The number of hydrogen-bond acceptors (Lipinski definition) is 5. The van der Waals surface area contributed by atoms with E-state index in [4.69, 9.17) is 4.74 Å². The molecule has 0 saturated carbocycles. The van der Waals surface area contributed by atoms with Crippen molar-refractivity contribution in [3.8, 4) is 5.75 Å². The number of hydrogen-bond donors (Lipinski definition) is 0. The van der Waals surface area contributed by atoms with Crippen LogP contribution in [0.1, 0.15) is 11.1 Å². The van der Waals surface area contributed by atoms with Crippen molar-refractivity contribution in [2.75, 3.05) is 0 Å². The molecule has 1 aliphatic rings. The summed E-state index contributed by atoms with van der Waals surface area (Å²) in [4.78, 5) is 28.1. The maximum Gasteiger partial charge on any atom is 0.253 e. The molecule has 7 heteroatoms. The highest BCUT2D eigenvalue weighted by atomic mass is 32.2. The van der Waals surface area contributed by atoms with E-state index in [-0.39, 0.29) is 42.1 Å². The molecule has 0 radical (unpaired) electrons. The molecule has 122 valence electrons. The second kappa shape index (κ2) is 7.27. The first kappa shape index (κ1) is 16.2. The number of rotatable bonds is 6. The van der Waals surface area contributed by atoms with Crippen molar-refractivity contribution in [1.82, 2.24) is 9.88 Å². The van der Waals surface area contributed by atoms with Gasteiger partial charge >= 0.3 is 0 Å². The number of carbonyl (C=O) groups excluding carboxylic acids is 2. The van der Waals surface area contributed by atoms with Gasteiger partial charge < -0.3 is 4.74 Å². The average Bonchev–Trinajstić information content (AvgIpc) is 2.93. The number of imide groups is 1. The lowest BCUT2D eigenvalue weighted by molar-refractivity contribution is -0.137. The van der Waals surface area contributed by atoms with E-state index in [0.717, 1.165) is 11.1 Å². The number of ether oxygens (including phenoxy) is 1. The Morgan fingerprint density at radius 2 is 1.71 bits per heavy atom. The molecule has 0 aliphatic carbocycles. The van der Waals surface area contributed by atoms with E-state index in [1.807, 2.05) is 24.3 Å². The molecule has 5 nitrogen and oxygen atoms in total. The first-order chi connectivity index (χ1) is 11.7. The SMILES string of the molecule is O=C1C=CC(=O)N1Cc1ccc(COc2cccnc2SF)cc1. The number of carbonyl (C=O) groups is 2. The zero-order valence-electron chi connectivity index (χ0n) is 12.5. The Kier molecular flexibility index (Phi) is 4.90. The summed E-state index contributed by atoms with van der Waals surface area (Å²) < 4.78 is 18.3. The fourth-order valence-corrected chi connectivity index (χ4v) is 2.52. The Bertz CT molecular complexity index is 775. The standard InChI is InChI=1S/C17H13FN2O3S/c18-24-17-14(2-1-9-19-17)23-11-13-5-3-12(4-6-13)10-20-15(21)7-8-16(20)22/h1-9H,10-11H2. The van der Waals surface area contributed by atoms with Crippen LogP contribution in [0.25, 0.3) is 0 Å². The van der Waals surface area contributed by atoms with Crippen molar-refractivity contribution in [3.63, 3.8) is 0 Å². The highest BCUT2D eigenvalue weighted by Crippen LogP contribution is 2.27. The largest absolute Gasteiger partial charge is 0.486 e. The first-order valence-corrected chi connectivity index (χ1v) is 7.87. The third-order valence-electron chi connectivity index (χ3n) is 3.47. The Morgan fingerprint density at radius 3 is 2.38 bits per heavy atom. The highest BCUT2D eigenvalue weighted by molar-refractivity contribution is 7.94. The second-order valence-electron chi connectivity index (χ2n) is 5.08. The number of nitrogens with zero attached hydrogens (tertiary/aromatic N) is 2. The summed E-state index contributed by atoms with van der Waals surface area (Å²) in [5.74, 6) is -0.228. The van der Waals surface area contributed by atoms with E-state index in [0.29, 0.717) is 5.75 Å². The molecule has 3 rings (SSSR count). The summed E-state index contributed by atoms with van der Waals surface area (Å²) in [6.07, 6.45) is 4.02. The molecule has 2 aromatic rings. The lowest BCUT2D eigenvalue weighted by Crippen LogP contribution is -2.29. The predicted molar refractivity (Wildman–Crippen MR) is 86.7 cm³/mol. The van der Waals surface area contributed by atoms with Crippen LogP contribution in [0.2, 0.25) is 0 Å². The van der Waals surface area contributed by atoms with Gasteiger partial charge in [0.1, 0.15) is 18.8 Å². The molecule has 0 fully saturated rings. The van der Waals surface area contributed by atoms with Crippen molar-refractivity contribution in [2.24, 2.45) is 0 Å². The van der Waals surface area contributed by atoms with Gasteiger partial charge in [0.25, 0.3) is 11.8 Å². The lowest BCUT2D eigenvalue weighted by Gasteiger charge is -2.14. The predicted octanol–water partition coefficient (Wildman–Crippen LogP) is 3.06. The van der Waals surface area contributed by atoms with Gasteiger partial charge in [0.2, 0.25) is 0 Å². The molecule has 1 aliphatic heterocycles. The number of pyridine rings is 1. The molecule has 0 spiro atoms. The van der Waals surface area contributed by atoms with E-state index in [2.05, 4.69) is 4.98 Å². The van der Waals surface area contributed by atoms with Crippen LogP contribution in [-0.4, -0.2) is 21.7 Å². The van der Waals surface area contributed by atoms with Crippen LogP contribution in [0.4, 0.5) is 3.89 Å². The highest BCUT2D eigenvalue weighted by Gasteiger charge is 2.23. The molecule has 0 saturated heterocycles. The normalized spacial score (nSPS) is 13.6. The number of halogens is 1. The smallest absolute Gasteiger partial charge is 0.253 e. The third-order valence-corrected chi connectivity index (χ3v) is 3.92. The van der Waals surface area contributed by atoms with Gasteiger partial charge in [-0.2, -0.15) is 3.89 Å². The Balaban J connectivity index is 1.61.